The van der Waals surface area contributed by atoms with Gasteiger partial charge in [0.2, 0.25) is 5.91 Å². The van der Waals surface area contributed by atoms with Gasteiger partial charge in [0.15, 0.2) is 0 Å². The first kappa shape index (κ1) is 54.8. The number of carboxylic acid groups (broad SMARTS) is 1. The van der Waals surface area contributed by atoms with Gasteiger partial charge >= 0.3 is 11.9 Å². The van der Waals surface area contributed by atoms with Crippen LogP contribution in [0.4, 0.5) is 0 Å². The number of hydrogen-bond acceptors (Lipinski definition) is 5. The fourth-order valence-electron chi connectivity index (χ4n) is 6.68. The van der Waals surface area contributed by atoms with Crippen LogP contribution in [0.1, 0.15) is 213 Å². The predicted molar refractivity (Wildman–Crippen MR) is 248 cm³/mol. The molecule has 0 radical (unpaired) electrons. The third-order valence-electron chi connectivity index (χ3n) is 10.2. The smallest absolute Gasteiger partial charge is 0.326 e. The second-order valence-corrected chi connectivity index (χ2v) is 15.8. The average Bonchev–Trinajstić information content (AvgIpc) is 3.21. The summed E-state index contributed by atoms with van der Waals surface area (Å²) in [5.74, 6) is -1.34. The number of nitrogens with two attached hydrogens (primary N) is 1. The van der Waals surface area contributed by atoms with E-state index in [1.54, 1.807) is 0 Å². The first-order valence-corrected chi connectivity index (χ1v) is 23.8. The van der Waals surface area contributed by atoms with Gasteiger partial charge in [-0.1, -0.05) is 171 Å². The molecule has 2 unspecified atom stereocenters. The summed E-state index contributed by atoms with van der Waals surface area (Å²) in [7, 11) is 0. The Kier molecular flexibility index (Phi) is 42.4. The van der Waals surface area contributed by atoms with E-state index in [1.807, 2.05) is 6.08 Å². The zero-order chi connectivity index (χ0) is 42.4. The number of carbonyl (C=O) groups excluding carboxylic acids is 2. The molecule has 58 heavy (non-hydrogen) atoms. The van der Waals surface area contributed by atoms with Crippen molar-refractivity contribution in [3.05, 3.63) is 72.9 Å². The van der Waals surface area contributed by atoms with Gasteiger partial charge in [-0.25, -0.2) is 4.79 Å². The molecule has 0 saturated carbocycles. The van der Waals surface area contributed by atoms with Crippen molar-refractivity contribution in [2.45, 2.75) is 225 Å². The highest BCUT2D eigenvalue weighted by atomic mass is 16.5. The lowest BCUT2D eigenvalue weighted by molar-refractivity contribution is -0.147. The number of ether oxygens (including phenoxy) is 1. The number of aliphatic carboxylic acids is 1. The molecular weight excluding hydrogens is 721 g/mol. The van der Waals surface area contributed by atoms with Gasteiger partial charge < -0.3 is 20.9 Å². The van der Waals surface area contributed by atoms with Crippen LogP contribution in [0.5, 0.6) is 0 Å². The molecular formula is C51H88N2O5. The number of hydrogen-bond donors (Lipinski definition) is 3. The van der Waals surface area contributed by atoms with E-state index in [0.29, 0.717) is 32.2 Å². The molecule has 0 heterocycles. The maximum atomic E-state index is 12.8. The summed E-state index contributed by atoms with van der Waals surface area (Å²) in [6.45, 7) is 4.81. The van der Waals surface area contributed by atoms with E-state index in [1.165, 1.54) is 89.9 Å². The number of unbranched alkanes of at least 4 members (excludes halogenated alkanes) is 18. The van der Waals surface area contributed by atoms with Gasteiger partial charge in [0, 0.05) is 12.8 Å². The second-order valence-electron chi connectivity index (χ2n) is 15.8. The highest BCUT2D eigenvalue weighted by Gasteiger charge is 2.18. The molecule has 7 heteroatoms. The van der Waals surface area contributed by atoms with Crippen LogP contribution >= 0.6 is 0 Å². The predicted octanol–water partition coefficient (Wildman–Crippen LogP) is 13.9. The molecule has 0 rings (SSSR count). The molecule has 7 nitrogen and oxygen atoms in total. The Balaban J connectivity index is 4.32. The third-order valence-corrected chi connectivity index (χ3v) is 10.2. The van der Waals surface area contributed by atoms with Crippen molar-refractivity contribution < 1.29 is 24.2 Å². The first-order chi connectivity index (χ1) is 28.4. The zero-order valence-electron chi connectivity index (χ0n) is 37.4. The van der Waals surface area contributed by atoms with Gasteiger partial charge in [0.25, 0.3) is 0 Å². The van der Waals surface area contributed by atoms with Gasteiger partial charge in [0.1, 0.15) is 12.1 Å². The van der Waals surface area contributed by atoms with Crippen LogP contribution < -0.4 is 11.1 Å². The van der Waals surface area contributed by atoms with Crippen molar-refractivity contribution in [3.63, 3.8) is 0 Å². The minimum Gasteiger partial charge on any atom is -0.480 e. The Bertz CT molecular complexity index is 1140. The Labute approximate surface area is 356 Å². The SMILES string of the molecule is CC/C=C\C/C=C\C/C=C\C/C=C\C(CCCCCCCC(=O)NC(CCCN)C(=O)O)OC(=O)CCCCCCCCCCC/C=C\C/C=C\CCCCCCC. The molecule has 0 aromatic heterocycles. The van der Waals surface area contributed by atoms with Crippen LogP contribution in [-0.2, 0) is 19.1 Å². The second kappa shape index (κ2) is 44.9. The molecule has 0 bridgehead atoms. The van der Waals surface area contributed by atoms with E-state index in [2.05, 4.69) is 86.0 Å². The van der Waals surface area contributed by atoms with Gasteiger partial charge in [-0.15, -0.1) is 0 Å². The van der Waals surface area contributed by atoms with E-state index in [9.17, 15) is 19.5 Å². The lowest BCUT2D eigenvalue weighted by Gasteiger charge is -2.15. The Morgan fingerprint density at radius 1 is 0.534 bits per heavy atom. The van der Waals surface area contributed by atoms with E-state index >= 15 is 0 Å². The van der Waals surface area contributed by atoms with Crippen molar-refractivity contribution in [1.82, 2.24) is 5.32 Å². The van der Waals surface area contributed by atoms with Crippen LogP contribution in [0.2, 0.25) is 0 Å². The number of esters is 1. The van der Waals surface area contributed by atoms with E-state index in [0.717, 1.165) is 83.5 Å². The van der Waals surface area contributed by atoms with Crippen LogP contribution in [0.15, 0.2) is 72.9 Å². The Morgan fingerprint density at radius 3 is 1.53 bits per heavy atom. The molecule has 0 aliphatic heterocycles. The van der Waals surface area contributed by atoms with E-state index in [4.69, 9.17) is 10.5 Å². The molecule has 332 valence electrons. The topological polar surface area (TPSA) is 119 Å². The summed E-state index contributed by atoms with van der Waals surface area (Å²) in [5.41, 5.74) is 5.49. The van der Waals surface area contributed by atoms with Crippen LogP contribution in [0.3, 0.4) is 0 Å². The van der Waals surface area contributed by atoms with Gasteiger partial charge in [-0.2, -0.15) is 0 Å². The van der Waals surface area contributed by atoms with Crippen molar-refractivity contribution in [2.24, 2.45) is 5.73 Å². The molecule has 0 spiro atoms. The van der Waals surface area contributed by atoms with Crippen molar-refractivity contribution in [1.29, 1.82) is 0 Å². The summed E-state index contributed by atoms with van der Waals surface area (Å²) in [5, 5.41) is 11.9. The maximum absolute atomic E-state index is 12.8. The van der Waals surface area contributed by atoms with Crippen LogP contribution in [-0.4, -0.2) is 41.6 Å². The maximum Gasteiger partial charge on any atom is 0.326 e. The van der Waals surface area contributed by atoms with E-state index in [-0.39, 0.29) is 18.0 Å². The quantitative estimate of drug-likeness (QED) is 0.0321. The molecule has 0 fully saturated rings. The van der Waals surface area contributed by atoms with Crippen LogP contribution in [0.25, 0.3) is 0 Å². The van der Waals surface area contributed by atoms with Crippen LogP contribution in [0, 0.1) is 0 Å². The molecule has 0 aromatic rings. The first-order valence-electron chi connectivity index (χ1n) is 23.8. The average molecular weight is 809 g/mol. The standard InChI is InChI=1S/C51H88N2O5/c1-3-5-7-9-11-13-15-16-17-18-19-20-21-22-23-24-26-28-30-35-39-45-50(55)58-47(41-36-32-29-27-25-14-12-10-8-6-4-2)42-37-33-31-34-38-44-49(54)53-48(51(56)57)43-40-46-52/h6,8,12,14-16,18-19,27,29,36,41,47-48H,3-5,7,9-11,13,17,20-26,28,30-35,37-40,42-46,52H2,1-2H3,(H,53,54)(H,56,57)/b8-6-,14-12-,16-15-,19-18-,29-27-,41-36-. The molecule has 1 amide bonds. The summed E-state index contributed by atoms with van der Waals surface area (Å²) in [6.07, 6.45) is 58.3. The number of carbonyl (C=O) groups is 3. The molecule has 4 N–H and O–H groups in total. The Hall–Kier alpha value is -3.19. The fourth-order valence-corrected chi connectivity index (χ4v) is 6.68. The summed E-state index contributed by atoms with van der Waals surface area (Å²) in [6, 6.07) is -0.871. The minimum absolute atomic E-state index is 0.104. The molecule has 0 aromatic carbocycles. The van der Waals surface area contributed by atoms with Gasteiger partial charge in [0.05, 0.1) is 0 Å². The highest BCUT2D eigenvalue weighted by Crippen LogP contribution is 2.16. The molecule has 0 aliphatic rings. The zero-order valence-corrected chi connectivity index (χ0v) is 37.4. The summed E-state index contributed by atoms with van der Waals surface area (Å²) < 4.78 is 5.95. The van der Waals surface area contributed by atoms with Crippen molar-refractivity contribution in [3.8, 4) is 0 Å². The third kappa shape index (κ3) is 41.0. The normalized spacial score (nSPS) is 13.3. The lowest BCUT2D eigenvalue weighted by Crippen LogP contribution is -2.40. The number of amides is 1. The van der Waals surface area contributed by atoms with Crippen molar-refractivity contribution >= 4 is 17.8 Å². The lowest BCUT2D eigenvalue weighted by atomic mass is 10.0. The molecule has 0 aliphatic carbocycles. The number of carboxylic acids is 1. The molecule has 2 atom stereocenters. The monoisotopic (exact) mass is 809 g/mol. The number of nitrogens with one attached hydrogen (secondary N) is 1. The fraction of sp³-hybridized carbons (Fsp3) is 0.706. The highest BCUT2D eigenvalue weighted by molar-refractivity contribution is 5.83. The number of rotatable bonds is 42. The molecule has 0 saturated heterocycles. The summed E-state index contributed by atoms with van der Waals surface area (Å²) >= 11 is 0. The number of allylic oxidation sites excluding steroid dienone is 11. The van der Waals surface area contributed by atoms with Gasteiger partial charge in [-0.3, -0.25) is 9.59 Å². The summed E-state index contributed by atoms with van der Waals surface area (Å²) in [4.78, 5) is 36.4. The van der Waals surface area contributed by atoms with Crippen molar-refractivity contribution in [2.75, 3.05) is 6.54 Å². The largest absolute Gasteiger partial charge is 0.480 e. The minimum atomic E-state index is -1.02. The van der Waals surface area contributed by atoms with E-state index < -0.39 is 12.0 Å². The Morgan fingerprint density at radius 2 is 1.00 bits per heavy atom. The van der Waals surface area contributed by atoms with Gasteiger partial charge in [-0.05, 0) is 109 Å².